The van der Waals surface area contributed by atoms with E-state index in [1.807, 2.05) is 0 Å². The van der Waals surface area contributed by atoms with Crippen LogP contribution in [0.4, 0.5) is 0 Å². The number of nitrogens with one attached hydrogen (secondary N) is 1. The molecule has 0 saturated heterocycles. The lowest BCUT2D eigenvalue weighted by atomic mass is 10.1. The van der Waals surface area contributed by atoms with Crippen LogP contribution in [-0.4, -0.2) is 34.0 Å². The summed E-state index contributed by atoms with van der Waals surface area (Å²) in [4.78, 5) is 11.5. The van der Waals surface area contributed by atoms with E-state index in [0.29, 0.717) is 18.8 Å². The molecule has 1 aromatic heterocycles. The van der Waals surface area contributed by atoms with Gasteiger partial charge in [0.15, 0.2) is 5.69 Å². The first-order valence-electron chi connectivity index (χ1n) is 6.66. The highest BCUT2D eigenvalue weighted by Gasteiger charge is 2.09. The molecule has 1 heterocycles. The molecule has 6 nitrogen and oxygen atoms in total. The van der Waals surface area contributed by atoms with Crippen LogP contribution in [0.1, 0.15) is 49.5 Å². The molecule has 1 amide bonds. The second kappa shape index (κ2) is 10.8. The number of nitrogens with two attached hydrogens (primary N) is 1. The molecule has 0 radical (unpaired) electrons. The molecule has 0 bridgehead atoms. The van der Waals surface area contributed by atoms with Crippen LogP contribution < -0.4 is 11.1 Å². The van der Waals surface area contributed by atoms with Crippen molar-refractivity contribution < 1.29 is 4.79 Å². The normalized spacial score (nSPS) is 10.0. The SMILES string of the molecule is CCCCCCCn1cc(C(=O)NCCN)nn1.Cl. The minimum atomic E-state index is -0.210. The van der Waals surface area contributed by atoms with Crippen molar-refractivity contribution in [2.45, 2.75) is 45.6 Å². The number of amides is 1. The second-order valence-electron chi connectivity index (χ2n) is 4.33. The summed E-state index contributed by atoms with van der Waals surface area (Å²) in [5.74, 6) is -0.210. The van der Waals surface area contributed by atoms with Crippen molar-refractivity contribution in [2.24, 2.45) is 5.73 Å². The number of aryl methyl sites for hydroxylation is 1. The van der Waals surface area contributed by atoms with Gasteiger partial charge in [0.05, 0.1) is 6.20 Å². The van der Waals surface area contributed by atoms with E-state index in [4.69, 9.17) is 5.73 Å². The number of hydrogen-bond acceptors (Lipinski definition) is 4. The molecular formula is C12H24ClN5O. The van der Waals surface area contributed by atoms with Crippen LogP contribution in [0.25, 0.3) is 0 Å². The largest absolute Gasteiger partial charge is 0.349 e. The summed E-state index contributed by atoms with van der Waals surface area (Å²) in [6, 6.07) is 0. The van der Waals surface area contributed by atoms with Gasteiger partial charge in [0.25, 0.3) is 5.91 Å². The molecule has 0 aliphatic carbocycles. The summed E-state index contributed by atoms with van der Waals surface area (Å²) >= 11 is 0. The lowest BCUT2D eigenvalue weighted by molar-refractivity contribution is 0.0949. The van der Waals surface area contributed by atoms with Crippen molar-refractivity contribution in [1.82, 2.24) is 20.3 Å². The van der Waals surface area contributed by atoms with E-state index < -0.39 is 0 Å². The summed E-state index contributed by atoms with van der Waals surface area (Å²) in [5, 5.41) is 10.4. The summed E-state index contributed by atoms with van der Waals surface area (Å²) < 4.78 is 1.73. The molecule has 19 heavy (non-hydrogen) atoms. The smallest absolute Gasteiger partial charge is 0.273 e. The predicted octanol–water partition coefficient (Wildman–Crippen LogP) is 1.36. The van der Waals surface area contributed by atoms with E-state index in [0.717, 1.165) is 13.0 Å². The van der Waals surface area contributed by atoms with E-state index in [9.17, 15) is 4.79 Å². The van der Waals surface area contributed by atoms with E-state index >= 15 is 0 Å². The lowest BCUT2D eigenvalue weighted by Gasteiger charge is -2.00. The van der Waals surface area contributed by atoms with Crippen LogP contribution in [0.3, 0.4) is 0 Å². The average molecular weight is 290 g/mol. The van der Waals surface area contributed by atoms with Gasteiger partial charge in [0.1, 0.15) is 0 Å². The first kappa shape index (κ1) is 17.9. The quantitative estimate of drug-likeness (QED) is 0.672. The number of unbranched alkanes of at least 4 members (excludes halogenated alkanes) is 4. The highest BCUT2D eigenvalue weighted by atomic mass is 35.5. The molecule has 0 unspecified atom stereocenters. The van der Waals surface area contributed by atoms with Gasteiger partial charge >= 0.3 is 0 Å². The molecule has 110 valence electrons. The van der Waals surface area contributed by atoms with E-state index in [1.165, 1.54) is 25.7 Å². The number of hydrogen-bond donors (Lipinski definition) is 2. The molecule has 1 rings (SSSR count). The Hall–Kier alpha value is -1.14. The van der Waals surface area contributed by atoms with Gasteiger partial charge in [-0.1, -0.05) is 37.8 Å². The predicted molar refractivity (Wildman–Crippen MR) is 77.4 cm³/mol. The topological polar surface area (TPSA) is 85.8 Å². The monoisotopic (exact) mass is 289 g/mol. The molecule has 0 saturated carbocycles. The molecule has 3 N–H and O–H groups in total. The summed E-state index contributed by atoms with van der Waals surface area (Å²) in [6.07, 6.45) is 7.75. The molecule has 0 aliphatic heterocycles. The number of rotatable bonds is 9. The minimum absolute atomic E-state index is 0. The Morgan fingerprint density at radius 3 is 2.79 bits per heavy atom. The first-order chi connectivity index (χ1) is 8.77. The summed E-state index contributed by atoms with van der Waals surface area (Å²) in [5.41, 5.74) is 5.67. The van der Waals surface area contributed by atoms with Crippen LogP contribution in [0.5, 0.6) is 0 Å². The second-order valence-corrected chi connectivity index (χ2v) is 4.33. The highest BCUT2D eigenvalue weighted by molar-refractivity contribution is 5.91. The van der Waals surface area contributed by atoms with Crippen molar-refractivity contribution in [3.05, 3.63) is 11.9 Å². The third-order valence-corrected chi connectivity index (χ3v) is 2.69. The van der Waals surface area contributed by atoms with Crippen LogP contribution in [0, 0.1) is 0 Å². The molecule has 7 heteroatoms. The Kier molecular flexibility index (Phi) is 10.1. The lowest BCUT2D eigenvalue weighted by Crippen LogP contribution is -2.29. The summed E-state index contributed by atoms with van der Waals surface area (Å²) in [6.45, 7) is 3.91. The van der Waals surface area contributed by atoms with Crippen molar-refractivity contribution in [1.29, 1.82) is 0 Å². The Balaban J connectivity index is 0.00000324. The number of carbonyl (C=O) groups is 1. The Labute approximate surface area is 120 Å². The number of carbonyl (C=O) groups excluding carboxylic acids is 1. The van der Waals surface area contributed by atoms with Crippen molar-refractivity contribution in [2.75, 3.05) is 13.1 Å². The van der Waals surface area contributed by atoms with E-state index in [1.54, 1.807) is 10.9 Å². The van der Waals surface area contributed by atoms with Crippen molar-refractivity contribution in [3.8, 4) is 0 Å². The molecule has 1 aromatic rings. The molecule has 0 aliphatic rings. The third-order valence-electron chi connectivity index (χ3n) is 2.69. The van der Waals surface area contributed by atoms with Gasteiger partial charge in [-0.3, -0.25) is 9.48 Å². The molecule has 0 fully saturated rings. The number of nitrogens with zero attached hydrogens (tertiary/aromatic N) is 3. The molecule has 0 aromatic carbocycles. The van der Waals surface area contributed by atoms with Crippen molar-refractivity contribution in [3.63, 3.8) is 0 Å². The fraction of sp³-hybridized carbons (Fsp3) is 0.750. The maximum Gasteiger partial charge on any atom is 0.273 e. The minimum Gasteiger partial charge on any atom is -0.349 e. The summed E-state index contributed by atoms with van der Waals surface area (Å²) in [7, 11) is 0. The van der Waals surface area contributed by atoms with Gasteiger partial charge < -0.3 is 11.1 Å². The van der Waals surface area contributed by atoms with Crippen LogP contribution >= 0.6 is 12.4 Å². The molecular weight excluding hydrogens is 266 g/mol. The Bertz CT molecular complexity index is 356. The van der Waals surface area contributed by atoms with E-state index in [2.05, 4.69) is 22.6 Å². The number of halogens is 1. The molecule has 0 atom stereocenters. The van der Waals surface area contributed by atoms with E-state index in [-0.39, 0.29) is 18.3 Å². The molecule has 0 spiro atoms. The Morgan fingerprint density at radius 1 is 1.37 bits per heavy atom. The zero-order valence-electron chi connectivity index (χ0n) is 11.5. The van der Waals surface area contributed by atoms with Crippen LogP contribution in [-0.2, 0) is 6.54 Å². The van der Waals surface area contributed by atoms with Gasteiger partial charge in [0.2, 0.25) is 0 Å². The van der Waals surface area contributed by atoms with Crippen molar-refractivity contribution >= 4 is 18.3 Å². The zero-order chi connectivity index (χ0) is 13.2. The maximum absolute atomic E-state index is 11.5. The van der Waals surface area contributed by atoms with Crippen LogP contribution in [0.15, 0.2) is 6.20 Å². The Morgan fingerprint density at radius 2 is 2.11 bits per heavy atom. The van der Waals surface area contributed by atoms with Crippen LogP contribution in [0.2, 0.25) is 0 Å². The van der Waals surface area contributed by atoms with Gasteiger partial charge in [-0.15, -0.1) is 17.5 Å². The number of aromatic nitrogens is 3. The maximum atomic E-state index is 11.5. The zero-order valence-corrected chi connectivity index (χ0v) is 12.3. The third kappa shape index (κ3) is 7.12. The standard InChI is InChI=1S/C12H23N5O.ClH/c1-2-3-4-5-6-9-17-10-11(15-16-17)12(18)14-8-7-13;/h10H,2-9,13H2,1H3,(H,14,18);1H. The average Bonchev–Trinajstić information content (AvgIpc) is 2.84. The van der Waals surface area contributed by atoms with Gasteiger partial charge in [-0.25, -0.2) is 0 Å². The highest BCUT2D eigenvalue weighted by Crippen LogP contribution is 2.04. The van der Waals surface area contributed by atoms with Gasteiger partial charge in [0, 0.05) is 19.6 Å². The van der Waals surface area contributed by atoms with Gasteiger partial charge in [-0.05, 0) is 6.42 Å². The first-order valence-corrected chi connectivity index (χ1v) is 6.66. The van der Waals surface area contributed by atoms with Gasteiger partial charge in [-0.2, -0.15) is 0 Å². The fourth-order valence-electron chi connectivity index (χ4n) is 1.67. The fourth-order valence-corrected chi connectivity index (χ4v) is 1.67.